The molecular formula is C24H25N3O6S. The third-order valence-corrected chi connectivity index (χ3v) is 6.45. The van der Waals surface area contributed by atoms with Gasteiger partial charge >= 0.3 is 6.09 Å². The molecular weight excluding hydrogens is 458 g/mol. The molecule has 0 aliphatic heterocycles. The van der Waals surface area contributed by atoms with Gasteiger partial charge in [-0.15, -0.1) is 0 Å². The van der Waals surface area contributed by atoms with Crippen LogP contribution in [0.4, 0.5) is 21.9 Å². The molecule has 0 fully saturated rings. The van der Waals surface area contributed by atoms with Gasteiger partial charge in [-0.2, -0.15) is 0 Å². The molecule has 0 bridgehead atoms. The molecule has 2 amide bonds. The number of carbonyl (C=O) groups excluding carboxylic acids is 2. The maximum atomic E-state index is 12.9. The summed E-state index contributed by atoms with van der Waals surface area (Å²) in [5.41, 5.74) is 2.26. The van der Waals surface area contributed by atoms with Crippen LogP contribution >= 0.6 is 0 Å². The van der Waals surface area contributed by atoms with Gasteiger partial charge in [0, 0.05) is 29.7 Å². The number of methoxy groups -OCH3 is 2. The second-order valence-corrected chi connectivity index (χ2v) is 9.02. The van der Waals surface area contributed by atoms with Crippen molar-refractivity contribution in [1.82, 2.24) is 0 Å². The molecule has 10 heteroatoms. The highest BCUT2D eigenvalue weighted by atomic mass is 32.2. The van der Waals surface area contributed by atoms with Crippen LogP contribution in [0.3, 0.4) is 0 Å². The molecule has 0 aromatic heterocycles. The van der Waals surface area contributed by atoms with Crippen molar-refractivity contribution in [3.05, 3.63) is 77.9 Å². The number of amides is 2. The van der Waals surface area contributed by atoms with E-state index in [0.29, 0.717) is 28.4 Å². The lowest BCUT2D eigenvalue weighted by Crippen LogP contribution is -2.25. The summed E-state index contributed by atoms with van der Waals surface area (Å²) < 4.78 is 38.0. The lowest BCUT2D eigenvalue weighted by Gasteiger charge is -2.16. The average Bonchev–Trinajstić information content (AvgIpc) is 2.83. The van der Waals surface area contributed by atoms with Gasteiger partial charge in [-0.1, -0.05) is 6.07 Å². The van der Waals surface area contributed by atoms with Gasteiger partial charge < -0.3 is 14.8 Å². The van der Waals surface area contributed by atoms with Crippen LogP contribution < -0.4 is 19.7 Å². The van der Waals surface area contributed by atoms with Gasteiger partial charge in [-0.05, 0) is 73.2 Å². The Morgan fingerprint density at radius 2 is 1.50 bits per heavy atom. The first-order valence-electron chi connectivity index (χ1n) is 10.1. The molecule has 0 aliphatic carbocycles. The van der Waals surface area contributed by atoms with Crippen molar-refractivity contribution in [2.45, 2.75) is 11.8 Å². The normalized spacial score (nSPS) is 10.8. The quantitative estimate of drug-likeness (QED) is 0.519. The van der Waals surface area contributed by atoms with E-state index in [9.17, 15) is 18.0 Å². The van der Waals surface area contributed by atoms with Crippen molar-refractivity contribution in [2.24, 2.45) is 0 Å². The van der Waals surface area contributed by atoms with E-state index < -0.39 is 22.0 Å². The van der Waals surface area contributed by atoms with Crippen LogP contribution in [0.25, 0.3) is 0 Å². The van der Waals surface area contributed by atoms with Gasteiger partial charge in [0.1, 0.15) is 5.75 Å². The zero-order valence-electron chi connectivity index (χ0n) is 19.2. The number of aryl methyl sites for hydroxylation is 1. The first-order valence-corrected chi connectivity index (χ1v) is 11.6. The topological polar surface area (TPSA) is 114 Å². The highest BCUT2D eigenvalue weighted by Crippen LogP contribution is 2.23. The lowest BCUT2D eigenvalue weighted by atomic mass is 10.1. The number of rotatable bonds is 7. The standard InChI is InChI=1S/C24H25N3O6S/c1-16-5-14-21(34(30,31)26-18-8-12-20(32-3)13-9-18)15-22(16)23(28)25-17-6-10-19(11-7-17)27(2)24(29)33-4/h5-15,26H,1-4H3,(H,25,28). The summed E-state index contributed by atoms with van der Waals surface area (Å²) in [4.78, 5) is 25.8. The van der Waals surface area contributed by atoms with E-state index in [2.05, 4.69) is 14.8 Å². The number of benzene rings is 3. The maximum absolute atomic E-state index is 12.9. The largest absolute Gasteiger partial charge is 0.497 e. The van der Waals surface area contributed by atoms with Gasteiger partial charge in [-0.25, -0.2) is 13.2 Å². The predicted octanol–water partition coefficient (Wildman–Crippen LogP) is 4.26. The van der Waals surface area contributed by atoms with E-state index in [-0.39, 0.29) is 10.5 Å². The minimum atomic E-state index is -3.92. The fourth-order valence-electron chi connectivity index (χ4n) is 3.10. The van der Waals surface area contributed by atoms with Gasteiger partial charge in [0.25, 0.3) is 15.9 Å². The van der Waals surface area contributed by atoms with Gasteiger partial charge in [0.15, 0.2) is 0 Å². The van der Waals surface area contributed by atoms with Crippen LogP contribution in [0.15, 0.2) is 71.6 Å². The Labute approximate surface area is 198 Å². The Morgan fingerprint density at radius 3 is 2.09 bits per heavy atom. The molecule has 0 radical (unpaired) electrons. The zero-order chi connectivity index (χ0) is 24.9. The second-order valence-electron chi connectivity index (χ2n) is 7.34. The highest BCUT2D eigenvalue weighted by molar-refractivity contribution is 7.92. The van der Waals surface area contributed by atoms with Crippen LogP contribution in [0.2, 0.25) is 0 Å². The fourth-order valence-corrected chi connectivity index (χ4v) is 4.18. The summed E-state index contributed by atoms with van der Waals surface area (Å²) >= 11 is 0. The number of nitrogens with zero attached hydrogens (tertiary/aromatic N) is 1. The Kier molecular flexibility index (Phi) is 7.42. The molecule has 0 heterocycles. The van der Waals surface area contributed by atoms with Crippen molar-refractivity contribution in [3.63, 3.8) is 0 Å². The van der Waals surface area contributed by atoms with Crippen LogP contribution in [-0.2, 0) is 14.8 Å². The number of nitrogens with one attached hydrogen (secondary N) is 2. The van der Waals surface area contributed by atoms with E-state index in [1.54, 1.807) is 68.6 Å². The smallest absolute Gasteiger partial charge is 0.413 e. The molecule has 34 heavy (non-hydrogen) atoms. The molecule has 0 spiro atoms. The summed E-state index contributed by atoms with van der Waals surface area (Å²) in [7, 11) is 0.449. The predicted molar refractivity (Wildman–Crippen MR) is 130 cm³/mol. The molecule has 2 N–H and O–H groups in total. The van der Waals surface area contributed by atoms with Gasteiger partial charge in [0.05, 0.1) is 19.1 Å². The number of ether oxygens (including phenoxy) is 2. The molecule has 9 nitrogen and oxygen atoms in total. The van der Waals surface area contributed by atoms with Gasteiger partial charge in [-0.3, -0.25) is 14.4 Å². The van der Waals surface area contributed by atoms with E-state index in [1.165, 1.54) is 31.3 Å². The van der Waals surface area contributed by atoms with Crippen molar-refractivity contribution < 1.29 is 27.5 Å². The molecule has 0 saturated heterocycles. The third-order valence-electron chi connectivity index (χ3n) is 5.07. The molecule has 0 atom stereocenters. The van der Waals surface area contributed by atoms with Gasteiger partial charge in [0.2, 0.25) is 0 Å². The van der Waals surface area contributed by atoms with Crippen molar-refractivity contribution >= 4 is 39.1 Å². The summed E-state index contributed by atoms with van der Waals surface area (Å²) in [6, 6.07) is 17.4. The summed E-state index contributed by atoms with van der Waals surface area (Å²) in [6.07, 6.45) is -0.520. The third kappa shape index (κ3) is 5.65. The van der Waals surface area contributed by atoms with E-state index >= 15 is 0 Å². The van der Waals surface area contributed by atoms with E-state index in [4.69, 9.17) is 4.74 Å². The zero-order valence-corrected chi connectivity index (χ0v) is 20.0. The van der Waals surface area contributed by atoms with Crippen LogP contribution in [-0.4, -0.2) is 41.7 Å². The number of sulfonamides is 1. The molecule has 178 valence electrons. The molecule has 3 rings (SSSR count). The lowest BCUT2D eigenvalue weighted by molar-refractivity contribution is 0.102. The number of hydrogen-bond donors (Lipinski definition) is 2. The maximum Gasteiger partial charge on any atom is 0.413 e. The van der Waals surface area contributed by atoms with Crippen molar-refractivity contribution in [2.75, 3.05) is 36.2 Å². The SMILES string of the molecule is COC(=O)N(C)c1ccc(NC(=O)c2cc(S(=O)(=O)Nc3ccc(OC)cc3)ccc2C)cc1. The molecule has 0 saturated carbocycles. The molecule has 0 aliphatic rings. The summed E-state index contributed by atoms with van der Waals surface area (Å²) in [6.45, 7) is 1.72. The Hall–Kier alpha value is -4.05. The van der Waals surface area contributed by atoms with Crippen molar-refractivity contribution in [3.8, 4) is 5.75 Å². The second kappa shape index (κ2) is 10.3. The molecule has 3 aromatic carbocycles. The van der Waals surface area contributed by atoms with E-state index in [1.807, 2.05) is 0 Å². The molecule has 0 unspecified atom stereocenters. The van der Waals surface area contributed by atoms with Crippen LogP contribution in [0, 0.1) is 6.92 Å². The average molecular weight is 484 g/mol. The number of hydrogen-bond acceptors (Lipinski definition) is 6. The monoisotopic (exact) mass is 483 g/mol. The summed E-state index contributed by atoms with van der Waals surface area (Å²) in [5.74, 6) is 0.135. The fraction of sp³-hybridized carbons (Fsp3) is 0.167. The minimum Gasteiger partial charge on any atom is -0.497 e. The first kappa shape index (κ1) is 24.6. The van der Waals surface area contributed by atoms with E-state index in [0.717, 1.165) is 0 Å². The number of anilines is 3. The summed E-state index contributed by atoms with van der Waals surface area (Å²) in [5, 5.41) is 2.75. The number of carbonyl (C=O) groups is 2. The molecule has 3 aromatic rings. The Balaban J connectivity index is 1.78. The highest BCUT2D eigenvalue weighted by Gasteiger charge is 2.19. The van der Waals surface area contributed by atoms with Crippen LogP contribution in [0.1, 0.15) is 15.9 Å². The van der Waals surface area contributed by atoms with Crippen LogP contribution in [0.5, 0.6) is 5.75 Å². The Bertz CT molecular complexity index is 1290. The first-order chi connectivity index (χ1) is 16.1. The Morgan fingerprint density at radius 1 is 0.882 bits per heavy atom. The van der Waals surface area contributed by atoms with Crippen molar-refractivity contribution in [1.29, 1.82) is 0 Å². The minimum absolute atomic E-state index is 0.0471.